The Kier molecular flexibility index (Phi) is 5.30. The Morgan fingerprint density at radius 3 is 2.47 bits per heavy atom. The third-order valence-corrected chi connectivity index (χ3v) is 4.67. The average molecular weight is 402 g/mol. The first-order valence-corrected chi connectivity index (χ1v) is 9.64. The number of carbonyl (C=O) groups is 2. The average Bonchev–Trinajstić information content (AvgIpc) is 3.09. The van der Waals surface area contributed by atoms with Crippen molar-refractivity contribution in [2.24, 2.45) is 4.99 Å². The van der Waals surface area contributed by atoms with Crippen LogP contribution in [0.2, 0.25) is 0 Å². The van der Waals surface area contributed by atoms with E-state index in [0.717, 1.165) is 11.3 Å². The van der Waals surface area contributed by atoms with Crippen molar-refractivity contribution >= 4 is 29.2 Å². The molecule has 0 aliphatic carbocycles. The first-order valence-electron chi connectivity index (χ1n) is 9.64. The zero-order valence-electron chi connectivity index (χ0n) is 16.7. The number of aryl methyl sites for hydroxylation is 1. The number of anilines is 2. The van der Waals surface area contributed by atoms with E-state index >= 15 is 0 Å². The van der Waals surface area contributed by atoms with E-state index in [1.165, 1.54) is 5.01 Å². The third-order valence-electron chi connectivity index (χ3n) is 4.67. The molecule has 3 aromatic rings. The number of hydrazine groups is 1. The Morgan fingerprint density at radius 1 is 1.10 bits per heavy atom. The fraction of sp³-hybridized carbons (Fsp3) is 0.182. The maximum atomic E-state index is 12.9. The van der Waals surface area contributed by atoms with Gasteiger partial charge in [0.1, 0.15) is 11.9 Å². The zero-order valence-corrected chi connectivity index (χ0v) is 16.7. The number of benzene rings is 2. The molecule has 0 radical (unpaired) electrons. The molecule has 2 amide bonds. The van der Waals surface area contributed by atoms with Gasteiger partial charge in [0.25, 0.3) is 11.8 Å². The molecule has 1 aliphatic heterocycles. The Morgan fingerprint density at radius 2 is 1.77 bits per heavy atom. The van der Waals surface area contributed by atoms with Gasteiger partial charge < -0.3 is 5.32 Å². The Labute approximate surface area is 174 Å². The number of carbonyl (C=O) groups excluding carboxylic acids is 2. The monoisotopic (exact) mass is 402 g/mol. The Balaban J connectivity index is 1.54. The van der Waals surface area contributed by atoms with Crippen molar-refractivity contribution in [2.75, 3.05) is 10.3 Å². The summed E-state index contributed by atoms with van der Waals surface area (Å²) < 4.78 is 1.73. The van der Waals surface area contributed by atoms with Crippen LogP contribution in [0.25, 0.3) is 0 Å². The summed E-state index contributed by atoms with van der Waals surface area (Å²) >= 11 is 0. The maximum absolute atomic E-state index is 12.9. The summed E-state index contributed by atoms with van der Waals surface area (Å²) in [5.74, 6) is -0.0510. The molecule has 1 unspecified atom stereocenters. The van der Waals surface area contributed by atoms with Gasteiger partial charge in [-0.2, -0.15) is 5.10 Å². The van der Waals surface area contributed by atoms with Crippen molar-refractivity contribution in [3.63, 3.8) is 0 Å². The maximum Gasteiger partial charge on any atom is 0.293 e. The third kappa shape index (κ3) is 4.07. The summed E-state index contributed by atoms with van der Waals surface area (Å²) in [4.78, 5) is 29.7. The summed E-state index contributed by atoms with van der Waals surface area (Å²) in [6.45, 7) is 4.05. The lowest BCUT2D eigenvalue weighted by Gasteiger charge is -2.30. The molecule has 2 heterocycles. The molecule has 1 atom stereocenters. The van der Waals surface area contributed by atoms with Crippen LogP contribution in [0.15, 0.2) is 71.7 Å². The number of nitrogens with one attached hydrogen (secondary N) is 2. The van der Waals surface area contributed by atoms with Crippen molar-refractivity contribution in [3.8, 4) is 0 Å². The van der Waals surface area contributed by atoms with Crippen LogP contribution < -0.4 is 15.8 Å². The van der Waals surface area contributed by atoms with Crippen molar-refractivity contribution in [2.45, 2.75) is 26.4 Å². The smallest absolute Gasteiger partial charge is 0.293 e. The van der Waals surface area contributed by atoms with Gasteiger partial charge in [-0.1, -0.05) is 48.5 Å². The molecule has 1 aliphatic rings. The van der Waals surface area contributed by atoms with Gasteiger partial charge in [0.05, 0.1) is 17.9 Å². The highest BCUT2D eigenvalue weighted by Crippen LogP contribution is 2.17. The zero-order chi connectivity index (χ0) is 21.1. The van der Waals surface area contributed by atoms with Crippen LogP contribution in [0.3, 0.4) is 0 Å². The van der Waals surface area contributed by atoms with Crippen LogP contribution in [0.5, 0.6) is 0 Å². The molecular formula is C22H22N6O2. The number of amides is 2. The molecule has 0 bridgehead atoms. The molecule has 0 saturated heterocycles. The molecule has 2 N–H and O–H groups in total. The van der Waals surface area contributed by atoms with Gasteiger partial charge in [0, 0.05) is 6.07 Å². The van der Waals surface area contributed by atoms with Crippen LogP contribution in [-0.4, -0.2) is 33.5 Å². The van der Waals surface area contributed by atoms with Gasteiger partial charge in [0.2, 0.25) is 5.84 Å². The standard InChI is InChI=1S/C22H22N6O2/c1-15-13-19(27(25-15)14-17-9-5-3-6-10-17)24-21(29)20-23-16(2)22(30)28(26-20)18-11-7-4-8-12-18/h3-13,16H,14H2,1-2H3,(H,23,26)(H,24,29). The molecule has 0 saturated carbocycles. The van der Waals surface area contributed by atoms with Crippen LogP contribution in [0.4, 0.5) is 11.5 Å². The molecule has 8 nitrogen and oxygen atoms in total. The first-order chi connectivity index (χ1) is 14.5. The number of hydrogen-bond acceptors (Lipinski definition) is 5. The van der Waals surface area contributed by atoms with Crippen molar-refractivity contribution in [3.05, 3.63) is 78.0 Å². The van der Waals surface area contributed by atoms with E-state index in [2.05, 4.69) is 20.8 Å². The van der Waals surface area contributed by atoms with E-state index in [9.17, 15) is 9.59 Å². The van der Waals surface area contributed by atoms with E-state index in [1.807, 2.05) is 55.5 Å². The second-order valence-corrected chi connectivity index (χ2v) is 7.04. The fourth-order valence-electron chi connectivity index (χ4n) is 3.20. The number of nitrogens with zero attached hydrogens (tertiary/aromatic N) is 4. The molecule has 30 heavy (non-hydrogen) atoms. The van der Waals surface area contributed by atoms with E-state index < -0.39 is 11.9 Å². The first kappa shape index (κ1) is 19.4. The lowest BCUT2D eigenvalue weighted by molar-refractivity contribution is -0.120. The van der Waals surface area contributed by atoms with Crippen LogP contribution in [0, 0.1) is 6.92 Å². The Hall–Kier alpha value is -3.94. The van der Waals surface area contributed by atoms with Crippen molar-refractivity contribution < 1.29 is 9.59 Å². The SMILES string of the molecule is Cc1cc(NC(=O)C2=NC(C)C(=O)N(c3ccccc3)N2)n(Cc2ccccc2)n1. The van der Waals surface area contributed by atoms with E-state index in [1.54, 1.807) is 29.8 Å². The normalized spacial score (nSPS) is 16.1. The number of para-hydroxylation sites is 1. The van der Waals surface area contributed by atoms with E-state index in [0.29, 0.717) is 18.1 Å². The van der Waals surface area contributed by atoms with Crippen LogP contribution >= 0.6 is 0 Å². The second-order valence-electron chi connectivity index (χ2n) is 7.04. The fourth-order valence-corrected chi connectivity index (χ4v) is 3.20. The molecule has 1 aromatic heterocycles. The van der Waals surface area contributed by atoms with Gasteiger partial charge in [-0.15, -0.1) is 0 Å². The second kappa shape index (κ2) is 8.20. The molecular weight excluding hydrogens is 380 g/mol. The summed E-state index contributed by atoms with van der Waals surface area (Å²) in [6, 6.07) is 20.1. The summed E-state index contributed by atoms with van der Waals surface area (Å²) in [5.41, 5.74) is 5.33. The topological polar surface area (TPSA) is 91.6 Å². The van der Waals surface area contributed by atoms with Gasteiger partial charge >= 0.3 is 0 Å². The molecule has 2 aromatic carbocycles. The number of amidine groups is 1. The number of hydrogen-bond donors (Lipinski definition) is 2. The predicted molar refractivity (Wildman–Crippen MR) is 115 cm³/mol. The highest BCUT2D eigenvalue weighted by Gasteiger charge is 2.31. The van der Waals surface area contributed by atoms with E-state index in [-0.39, 0.29) is 11.7 Å². The van der Waals surface area contributed by atoms with Gasteiger partial charge in [-0.25, -0.2) is 14.7 Å². The minimum atomic E-state index is -0.678. The molecule has 152 valence electrons. The largest absolute Gasteiger partial charge is 0.304 e. The van der Waals surface area contributed by atoms with Crippen molar-refractivity contribution in [1.29, 1.82) is 0 Å². The summed E-state index contributed by atoms with van der Waals surface area (Å²) in [6.07, 6.45) is 0. The Bertz CT molecular complexity index is 1090. The van der Waals surface area contributed by atoms with Crippen LogP contribution in [0.1, 0.15) is 18.2 Å². The minimum Gasteiger partial charge on any atom is -0.304 e. The van der Waals surface area contributed by atoms with Gasteiger partial charge in [0.15, 0.2) is 0 Å². The van der Waals surface area contributed by atoms with Crippen molar-refractivity contribution in [1.82, 2.24) is 15.2 Å². The quantitative estimate of drug-likeness (QED) is 0.686. The molecule has 8 heteroatoms. The minimum absolute atomic E-state index is 0.0658. The number of aliphatic imine (C=N–C) groups is 1. The number of aromatic nitrogens is 2. The van der Waals surface area contributed by atoms with Crippen LogP contribution in [-0.2, 0) is 16.1 Å². The predicted octanol–water partition coefficient (Wildman–Crippen LogP) is 2.52. The van der Waals surface area contributed by atoms with Gasteiger partial charge in [-0.3, -0.25) is 15.0 Å². The number of rotatable bonds is 5. The van der Waals surface area contributed by atoms with Gasteiger partial charge in [-0.05, 0) is 31.5 Å². The summed E-state index contributed by atoms with van der Waals surface area (Å²) in [7, 11) is 0. The highest BCUT2D eigenvalue weighted by molar-refractivity contribution is 6.43. The molecule has 0 fully saturated rings. The highest BCUT2D eigenvalue weighted by atomic mass is 16.2. The molecule has 4 rings (SSSR count). The summed E-state index contributed by atoms with van der Waals surface area (Å²) in [5, 5.41) is 8.68. The lowest BCUT2D eigenvalue weighted by Crippen LogP contribution is -2.57. The van der Waals surface area contributed by atoms with E-state index in [4.69, 9.17) is 0 Å². The molecule has 0 spiro atoms. The lowest BCUT2D eigenvalue weighted by atomic mass is 10.2.